The molecule has 1 unspecified atom stereocenters. The maximum Gasteiger partial charge on any atom is 0.0589 e. The summed E-state index contributed by atoms with van der Waals surface area (Å²) in [6.07, 6.45) is 2.18. The lowest BCUT2D eigenvalue weighted by molar-refractivity contribution is 1.40. The van der Waals surface area contributed by atoms with Crippen LogP contribution >= 0.6 is 47.9 Å². The fraction of sp³-hybridized carbons (Fsp3) is 1.00. The average molecular weight is 227 g/mol. The summed E-state index contributed by atoms with van der Waals surface area (Å²) in [5.41, 5.74) is 0. The van der Waals surface area contributed by atoms with Crippen LogP contribution in [-0.4, -0.2) is 33.8 Å². The molecule has 0 aromatic rings. The molecule has 0 saturated heterocycles. The molecule has 0 saturated carbocycles. The van der Waals surface area contributed by atoms with Gasteiger partial charge in [0.2, 0.25) is 0 Å². The monoisotopic (exact) mass is 227 g/mol. The van der Waals surface area contributed by atoms with E-state index in [1.54, 1.807) is 0 Å². The van der Waals surface area contributed by atoms with Gasteiger partial charge in [0.05, 0.1) is 4.58 Å². The van der Waals surface area contributed by atoms with E-state index < -0.39 is 0 Å². The Hall–Kier alpha value is 1.40. The van der Waals surface area contributed by atoms with Crippen LogP contribution in [0.3, 0.4) is 0 Å². The molecule has 0 aromatic carbocycles. The number of rotatable bonds is 7. The Morgan fingerprint density at radius 2 is 2.18 bits per heavy atom. The first-order chi connectivity index (χ1) is 5.35. The summed E-state index contributed by atoms with van der Waals surface area (Å²) < 4.78 is 0.770. The van der Waals surface area contributed by atoms with Gasteiger partial charge in [0.1, 0.15) is 0 Å². The molecule has 0 spiro atoms. The third-order valence-electron chi connectivity index (χ3n) is 1.10. The summed E-state index contributed by atoms with van der Waals surface area (Å²) in [6.45, 7) is 2.21. The molecule has 0 nitrogen and oxygen atoms in total. The lowest BCUT2D eigenvalue weighted by Gasteiger charge is -2.11. The van der Waals surface area contributed by atoms with E-state index in [4.69, 9.17) is 12.6 Å². The second-order valence-electron chi connectivity index (χ2n) is 1.90. The predicted molar refractivity (Wildman–Crippen MR) is 65.2 cm³/mol. The van der Waals surface area contributed by atoms with Gasteiger partial charge in [-0.2, -0.15) is 23.5 Å². The standard InChI is InChI=1S/C7H15S4/c1-3-11-7(9-2)6-10-5-4-8/h7H,3-6H2,1-2H3. The van der Waals surface area contributed by atoms with Gasteiger partial charge in [-0.3, -0.25) is 0 Å². The highest BCUT2D eigenvalue weighted by molar-refractivity contribution is 8.17. The molecule has 0 fully saturated rings. The third kappa shape index (κ3) is 7.75. The zero-order chi connectivity index (χ0) is 8.53. The highest BCUT2D eigenvalue weighted by Crippen LogP contribution is 2.24. The van der Waals surface area contributed by atoms with Crippen LogP contribution in [0.4, 0.5) is 0 Å². The smallest absolute Gasteiger partial charge is 0.0589 e. The maximum atomic E-state index is 4.87. The average Bonchev–Trinajstić information content (AvgIpc) is 2.03. The molecule has 4 heteroatoms. The van der Waals surface area contributed by atoms with Gasteiger partial charge < -0.3 is 0 Å². The van der Waals surface area contributed by atoms with E-state index in [-0.39, 0.29) is 0 Å². The molecule has 0 amide bonds. The van der Waals surface area contributed by atoms with Crippen LogP contribution < -0.4 is 0 Å². The fourth-order valence-corrected chi connectivity index (χ4v) is 4.27. The molecule has 11 heavy (non-hydrogen) atoms. The summed E-state index contributed by atoms with van der Waals surface area (Å²) in [7, 11) is 0. The maximum absolute atomic E-state index is 4.87. The van der Waals surface area contributed by atoms with Crippen LogP contribution in [0, 0.1) is 0 Å². The van der Waals surface area contributed by atoms with E-state index in [0.717, 1.165) is 16.1 Å². The van der Waals surface area contributed by atoms with Gasteiger partial charge in [-0.1, -0.05) is 19.6 Å². The van der Waals surface area contributed by atoms with Crippen molar-refractivity contribution >= 4 is 47.9 Å². The molecule has 0 aliphatic rings. The summed E-state index contributed by atoms with van der Waals surface area (Å²) in [5.74, 6) is 4.50. The molecular weight excluding hydrogens is 212 g/mol. The van der Waals surface area contributed by atoms with Crippen LogP contribution in [0.1, 0.15) is 6.92 Å². The molecule has 1 radical (unpaired) electrons. The first-order valence-electron chi connectivity index (χ1n) is 3.65. The summed E-state index contributed by atoms with van der Waals surface area (Å²) in [5, 5.41) is 0. The highest BCUT2D eigenvalue weighted by atomic mass is 32.2. The lowest BCUT2D eigenvalue weighted by Crippen LogP contribution is -2.01. The summed E-state index contributed by atoms with van der Waals surface area (Å²) >= 11 is 10.8. The lowest BCUT2D eigenvalue weighted by atomic mass is 10.9. The predicted octanol–water partition coefficient (Wildman–Crippen LogP) is 3.36. The zero-order valence-corrected chi connectivity index (χ0v) is 10.3. The van der Waals surface area contributed by atoms with Crippen molar-refractivity contribution in [1.82, 2.24) is 0 Å². The molecule has 0 aliphatic heterocycles. The van der Waals surface area contributed by atoms with Gasteiger partial charge in [-0.15, -0.1) is 11.8 Å². The number of hydrogen-bond acceptors (Lipinski definition) is 3. The van der Waals surface area contributed by atoms with Gasteiger partial charge in [0.25, 0.3) is 0 Å². The molecule has 0 bridgehead atoms. The van der Waals surface area contributed by atoms with E-state index in [1.165, 1.54) is 11.5 Å². The van der Waals surface area contributed by atoms with Crippen molar-refractivity contribution in [2.24, 2.45) is 0 Å². The van der Waals surface area contributed by atoms with Crippen LogP contribution in [-0.2, 0) is 0 Å². The van der Waals surface area contributed by atoms with E-state index in [2.05, 4.69) is 13.2 Å². The molecule has 0 N–H and O–H groups in total. The van der Waals surface area contributed by atoms with Gasteiger partial charge in [0, 0.05) is 17.3 Å². The Morgan fingerprint density at radius 3 is 2.64 bits per heavy atom. The largest absolute Gasteiger partial charge is 0.159 e. The first kappa shape index (κ1) is 12.4. The molecule has 67 valence electrons. The van der Waals surface area contributed by atoms with Gasteiger partial charge >= 0.3 is 0 Å². The van der Waals surface area contributed by atoms with Crippen molar-refractivity contribution in [1.29, 1.82) is 0 Å². The van der Waals surface area contributed by atoms with Crippen LogP contribution in [0.2, 0.25) is 0 Å². The highest BCUT2D eigenvalue weighted by Gasteiger charge is 2.04. The molecule has 0 heterocycles. The molecule has 0 rings (SSSR count). The number of hydrogen-bond donors (Lipinski definition) is 0. The third-order valence-corrected chi connectivity index (χ3v) is 5.59. The normalized spacial score (nSPS) is 13.4. The molecule has 0 aromatic heterocycles. The Labute approximate surface area is 88.5 Å². The van der Waals surface area contributed by atoms with Crippen molar-refractivity contribution in [2.75, 3.05) is 29.3 Å². The SMILES string of the molecule is CCSC(CSCC[S])SC. The Balaban J connectivity index is 3.20. The molecular formula is C7H15S4. The van der Waals surface area contributed by atoms with E-state index in [9.17, 15) is 0 Å². The Kier molecular flexibility index (Phi) is 10.7. The summed E-state index contributed by atoms with van der Waals surface area (Å²) in [4.78, 5) is 0. The van der Waals surface area contributed by atoms with E-state index >= 15 is 0 Å². The van der Waals surface area contributed by atoms with Crippen molar-refractivity contribution in [2.45, 2.75) is 11.5 Å². The van der Waals surface area contributed by atoms with Gasteiger partial charge in [0.15, 0.2) is 0 Å². The van der Waals surface area contributed by atoms with Crippen molar-refractivity contribution in [3.8, 4) is 0 Å². The minimum Gasteiger partial charge on any atom is -0.159 e. The Bertz CT molecular complexity index is 76.8. The van der Waals surface area contributed by atoms with Crippen molar-refractivity contribution in [3.05, 3.63) is 0 Å². The molecule has 0 aliphatic carbocycles. The Morgan fingerprint density at radius 1 is 1.45 bits per heavy atom. The van der Waals surface area contributed by atoms with Crippen LogP contribution in [0.15, 0.2) is 0 Å². The van der Waals surface area contributed by atoms with E-state index in [0.29, 0.717) is 0 Å². The van der Waals surface area contributed by atoms with Gasteiger partial charge in [-0.25, -0.2) is 0 Å². The molecule has 1 atom stereocenters. The zero-order valence-electron chi connectivity index (χ0n) is 7.04. The van der Waals surface area contributed by atoms with Crippen molar-refractivity contribution < 1.29 is 0 Å². The van der Waals surface area contributed by atoms with Crippen molar-refractivity contribution in [3.63, 3.8) is 0 Å². The topological polar surface area (TPSA) is 0 Å². The second-order valence-corrected chi connectivity index (χ2v) is 6.28. The van der Waals surface area contributed by atoms with Crippen LogP contribution in [0.25, 0.3) is 0 Å². The minimum absolute atomic E-state index is 0.770. The second kappa shape index (κ2) is 9.49. The summed E-state index contributed by atoms with van der Waals surface area (Å²) in [6, 6.07) is 0. The fourth-order valence-electron chi connectivity index (χ4n) is 0.609. The number of thioether (sulfide) groups is 3. The van der Waals surface area contributed by atoms with E-state index in [1.807, 2.05) is 35.3 Å². The van der Waals surface area contributed by atoms with Gasteiger partial charge in [-0.05, 0) is 12.0 Å². The van der Waals surface area contributed by atoms with Crippen LogP contribution in [0.5, 0.6) is 0 Å². The minimum atomic E-state index is 0.770. The quantitative estimate of drug-likeness (QED) is 0.483. The first-order valence-corrected chi connectivity index (χ1v) is 7.72.